The Bertz CT molecular complexity index is 1100. The van der Waals surface area contributed by atoms with Gasteiger partial charge in [0.05, 0.1) is 36.4 Å². The molecule has 3 aromatic rings. The van der Waals surface area contributed by atoms with Crippen LogP contribution in [0.2, 0.25) is 0 Å². The monoisotopic (exact) mass is 456 g/mol. The highest BCUT2D eigenvalue weighted by molar-refractivity contribution is 5.68. The van der Waals surface area contributed by atoms with Crippen molar-refractivity contribution in [3.05, 3.63) is 65.6 Å². The third kappa shape index (κ3) is 5.85. The van der Waals surface area contributed by atoms with Gasteiger partial charge in [-0.1, -0.05) is 6.42 Å². The van der Waals surface area contributed by atoms with Gasteiger partial charge in [-0.3, -0.25) is 9.67 Å². The molecule has 2 heterocycles. The molecule has 0 atom stereocenters. The van der Waals surface area contributed by atoms with Gasteiger partial charge in [-0.15, -0.1) is 0 Å². The molecule has 4 rings (SSSR count). The molecule has 0 bridgehead atoms. The normalized spacial score (nSPS) is 14.2. The van der Waals surface area contributed by atoms with Crippen LogP contribution in [0.5, 0.6) is 5.75 Å². The largest absolute Gasteiger partial charge is 0.489 e. The van der Waals surface area contributed by atoms with Crippen LogP contribution < -0.4 is 10.1 Å². The van der Waals surface area contributed by atoms with Gasteiger partial charge >= 0.3 is 6.09 Å². The van der Waals surface area contributed by atoms with Gasteiger partial charge in [0.1, 0.15) is 24.0 Å². The van der Waals surface area contributed by atoms with E-state index in [0.29, 0.717) is 5.69 Å². The lowest BCUT2D eigenvalue weighted by Gasteiger charge is -2.22. The molecule has 1 fully saturated rings. The van der Waals surface area contributed by atoms with Crippen LogP contribution in [0.15, 0.2) is 42.7 Å². The molecule has 1 aromatic carbocycles. The number of nitrogens with one attached hydrogen (secondary N) is 1. The number of hydrogen-bond donors (Lipinski definition) is 1. The highest BCUT2D eigenvalue weighted by atomic mass is 19.1. The predicted octanol–water partition coefficient (Wildman–Crippen LogP) is 4.90. The van der Waals surface area contributed by atoms with Gasteiger partial charge in [-0.2, -0.15) is 5.10 Å². The van der Waals surface area contributed by atoms with E-state index in [9.17, 15) is 13.6 Å². The quantitative estimate of drug-likeness (QED) is 0.547. The average molecular weight is 456 g/mol. The molecule has 174 valence electrons. The lowest BCUT2D eigenvalue weighted by molar-refractivity contribution is 0.137. The summed E-state index contributed by atoms with van der Waals surface area (Å²) in [6.45, 7) is -0.254. The first-order valence-electron chi connectivity index (χ1n) is 11.0. The second-order valence-electron chi connectivity index (χ2n) is 8.05. The first-order chi connectivity index (χ1) is 16.0. The standard InChI is InChI=1S/C24H26F2N4O3/c1-30-23(14-28-24(31)32-15-16-11-17(25)7-9-21(16)26)20(13-29-30)22-10-8-19(12-27-22)33-18-5-3-2-4-6-18/h7-13,18H,2-6,14-15H2,1H3,(H,28,31). The van der Waals surface area contributed by atoms with Crippen LogP contribution in [-0.4, -0.2) is 27.0 Å². The molecule has 2 aromatic heterocycles. The van der Waals surface area contributed by atoms with E-state index in [1.165, 1.54) is 19.3 Å². The summed E-state index contributed by atoms with van der Waals surface area (Å²) in [7, 11) is 1.76. The molecule has 0 unspecified atom stereocenters. The Labute approximate surface area is 190 Å². The predicted molar refractivity (Wildman–Crippen MR) is 117 cm³/mol. The molecule has 0 aliphatic heterocycles. The van der Waals surface area contributed by atoms with Crippen LogP contribution in [-0.2, 0) is 24.9 Å². The number of aromatic nitrogens is 3. The molecule has 0 saturated heterocycles. The second kappa shape index (κ2) is 10.4. The Kier molecular flexibility index (Phi) is 7.16. The zero-order chi connectivity index (χ0) is 23.2. The number of rotatable bonds is 7. The first kappa shape index (κ1) is 22.7. The van der Waals surface area contributed by atoms with Crippen LogP contribution in [0.3, 0.4) is 0 Å². The van der Waals surface area contributed by atoms with Crippen molar-refractivity contribution in [1.82, 2.24) is 20.1 Å². The first-order valence-corrected chi connectivity index (χ1v) is 11.0. The third-order valence-electron chi connectivity index (χ3n) is 5.70. The van der Waals surface area contributed by atoms with E-state index in [1.54, 1.807) is 24.1 Å². The maximum atomic E-state index is 13.7. The van der Waals surface area contributed by atoms with Crippen molar-refractivity contribution in [2.24, 2.45) is 7.05 Å². The van der Waals surface area contributed by atoms with Crippen LogP contribution in [0.1, 0.15) is 43.4 Å². The number of pyridine rings is 1. The van der Waals surface area contributed by atoms with E-state index in [0.717, 1.165) is 48.0 Å². The molecule has 33 heavy (non-hydrogen) atoms. The van der Waals surface area contributed by atoms with Gasteiger partial charge < -0.3 is 14.8 Å². The van der Waals surface area contributed by atoms with Crippen molar-refractivity contribution in [2.45, 2.75) is 51.4 Å². The van der Waals surface area contributed by atoms with Crippen molar-refractivity contribution in [2.75, 3.05) is 0 Å². The Balaban J connectivity index is 1.35. The highest BCUT2D eigenvalue weighted by Gasteiger charge is 2.17. The van der Waals surface area contributed by atoms with E-state index >= 15 is 0 Å². The van der Waals surface area contributed by atoms with Gasteiger partial charge in [0.2, 0.25) is 0 Å². The topological polar surface area (TPSA) is 78.3 Å². The molecule has 0 radical (unpaired) electrons. The number of carbonyl (C=O) groups excluding carboxylic acids is 1. The number of nitrogens with zero attached hydrogens (tertiary/aromatic N) is 3. The second-order valence-corrected chi connectivity index (χ2v) is 8.05. The number of aryl methyl sites for hydroxylation is 1. The molecule has 1 amide bonds. The van der Waals surface area contributed by atoms with Crippen molar-refractivity contribution in [3.63, 3.8) is 0 Å². The summed E-state index contributed by atoms with van der Waals surface area (Å²) in [4.78, 5) is 16.6. The van der Waals surface area contributed by atoms with Crippen molar-refractivity contribution in [1.29, 1.82) is 0 Å². The van der Waals surface area contributed by atoms with Crippen molar-refractivity contribution < 1.29 is 23.0 Å². The summed E-state index contributed by atoms with van der Waals surface area (Å²) in [6, 6.07) is 6.75. The lowest BCUT2D eigenvalue weighted by Crippen LogP contribution is -2.25. The smallest absolute Gasteiger partial charge is 0.407 e. The van der Waals surface area contributed by atoms with Crippen LogP contribution in [0.4, 0.5) is 13.6 Å². The summed E-state index contributed by atoms with van der Waals surface area (Å²) in [5.41, 5.74) is 2.15. The number of amides is 1. The maximum Gasteiger partial charge on any atom is 0.407 e. The molecule has 7 nitrogen and oxygen atoms in total. The van der Waals surface area contributed by atoms with Crippen molar-refractivity contribution >= 4 is 6.09 Å². The van der Waals surface area contributed by atoms with Crippen LogP contribution >= 0.6 is 0 Å². The molecule has 1 aliphatic carbocycles. The molecule has 0 spiro atoms. The number of benzene rings is 1. The molecule has 1 saturated carbocycles. The van der Waals surface area contributed by atoms with Crippen molar-refractivity contribution in [3.8, 4) is 17.0 Å². The number of carbonyl (C=O) groups is 1. The van der Waals surface area contributed by atoms with Crippen LogP contribution in [0, 0.1) is 11.6 Å². The number of halogens is 2. The number of hydrogen-bond acceptors (Lipinski definition) is 5. The number of alkyl carbamates (subject to hydrolysis) is 1. The summed E-state index contributed by atoms with van der Waals surface area (Å²) in [6.07, 6.45) is 8.68. The van der Waals surface area contributed by atoms with Gasteiger partial charge in [0.25, 0.3) is 0 Å². The fraction of sp³-hybridized carbons (Fsp3) is 0.375. The molecule has 1 N–H and O–H groups in total. The SMILES string of the molecule is Cn1ncc(-c2ccc(OC3CCCCC3)cn2)c1CNC(=O)OCc1cc(F)ccc1F. The molecular formula is C24H26F2N4O3. The van der Waals surface area contributed by atoms with E-state index in [2.05, 4.69) is 15.4 Å². The fourth-order valence-corrected chi connectivity index (χ4v) is 3.88. The Morgan fingerprint density at radius 2 is 1.97 bits per heavy atom. The third-order valence-corrected chi connectivity index (χ3v) is 5.70. The minimum atomic E-state index is -0.755. The highest BCUT2D eigenvalue weighted by Crippen LogP contribution is 2.26. The lowest BCUT2D eigenvalue weighted by atomic mass is 9.98. The Hall–Kier alpha value is -3.49. The Morgan fingerprint density at radius 3 is 2.73 bits per heavy atom. The minimum absolute atomic E-state index is 0.0360. The zero-order valence-electron chi connectivity index (χ0n) is 18.4. The van der Waals surface area contributed by atoms with Gasteiger partial charge in [-0.05, 0) is 56.0 Å². The van der Waals surface area contributed by atoms with Gasteiger partial charge in [-0.25, -0.2) is 13.6 Å². The summed E-state index contributed by atoms with van der Waals surface area (Å²) >= 11 is 0. The molecular weight excluding hydrogens is 430 g/mol. The summed E-state index contributed by atoms with van der Waals surface area (Å²) in [5.74, 6) is -0.500. The minimum Gasteiger partial charge on any atom is -0.489 e. The van der Waals surface area contributed by atoms with E-state index < -0.39 is 17.7 Å². The Morgan fingerprint density at radius 1 is 1.15 bits per heavy atom. The summed E-state index contributed by atoms with van der Waals surface area (Å²) < 4.78 is 39.6. The summed E-state index contributed by atoms with van der Waals surface area (Å²) in [5, 5.41) is 6.88. The zero-order valence-corrected chi connectivity index (χ0v) is 18.4. The maximum absolute atomic E-state index is 13.7. The van der Waals surface area contributed by atoms with Crippen LogP contribution in [0.25, 0.3) is 11.3 Å². The van der Waals surface area contributed by atoms with Gasteiger partial charge in [0, 0.05) is 18.2 Å². The average Bonchev–Trinajstić information content (AvgIpc) is 3.19. The van der Waals surface area contributed by atoms with E-state index in [1.807, 2.05) is 12.1 Å². The molecule has 9 heteroatoms. The van der Waals surface area contributed by atoms with Gasteiger partial charge in [0.15, 0.2) is 0 Å². The fourth-order valence-electron chi connectivity index (χ4n) is 3.88. The van der Waals surface area contributed by atoms with E-state index in [-0.39, 0.29) is 24.8 Å². The number of ether oxygens (including phenoxy) is 2. The molecule has 1 aliphatic rings. The van der Waals surface area contributed by atoms with E-state index in [4.69, 9.17) is 9.47 Å².